The molecule has 25 heavy (non-hydrogen) atoms. The number of thiophene rings is 1. The normalized spacial score (nSPS) is 11.0. The first kappa shape index (κ1) is 17.9. The molecule has 0 aromatic carbocycles. The fourth-order valence-corrected chi connectivity index (χ4v) is 3.88. The average Bonchev–Trinajstić information content (AvgIpc) is 3.23. The van der Waals surface area contributed by atoms with Crippen molar-refractivity contribution in [2.24, 2.45) is 0 Å². The first-order valence-electron chi connectivity index (χ1n) is 7.18. The van der Waals surface area contributed by atoms with Gasteiger partial charge in [0.15, 0.2) is 16.6 Å². The number of rotatable bonds is 7. The van der Waals surface area contributed by atoms with E-state index < -0.39 is 12.5 Å². The molecule has 0 aliphatic rings. The highest BCUT2D eigenvalue weighted by molar-refractivity contribution is 7.99. The van der Waals surface area contributed by atoms with Gasteiger partial charge < -0.3 is 15.4 Å². The van der Waals surface area contributed by atoms with Gasteiger partial charge in [0.25, 0.3) is 0 Å². The summed E-state index contributed by atoms with van der Waals surface area (Å²) >= 11 is 8.49. The van der Waals surface area contributed by atoms with Crippen molar-refractivity contribution in [3.8, 4) is 0 Å². The highest BCUT2D eigenvalue weighted by atomic mass is 35.5. The number of pyridine rings is 1. The van der Waals surface area contributed by atoms with E-state index in [0.717, 1.165) is 10.4 Å². The number of ketones is 1. The number of hydrogen-bond donors (Lipinski definition) is 3. The number of nitrogens with one attached hydrogen (secondary N) is 2. The molecule has 0 atom stereocenters. The number of carbonyl (C=O) groups excluding carboxylic acids is 2. The van der Waals surface area contributed by atoms with Crippen molar-refractivity contribution in [3.63, 3.8) is 0 Å². The molecule has 0 spiro atoms. The third kappa shape index (κ3) is 4.57. The number of halogens is 1. The van der Waals surface area contributed by atoms with Gasteiger partial charge in [-0.25, -0.2) is 9.97 Å². The zero-order chi connectivity index (χ0) is 17.8. The van der Waals surface area contributed by atoms with Crippen LogP contribution in [0.15, 0.2) is 29.6 Å². The number of aliphatic hydroxyl groups excluding tert-OH is 1. The quantitative estimate of drug-likeness (QED) is 0.417. The fraction of sp³-hybridized carbons (Fsp3) is 0.200. The molecule has 0 bridgehead atoms. The second kappa shape index (κ2) is 7.96. The number of Topliss-reactive ketones (excluding diaryl/α,β-unsaturated/α-hetero) is 1. The van der Waals surface area contributed by atoms with Crippen molar-refractivity contribution in [2.45, 2.75) is 11.7 Å². The summed E-state index contributed by atoms with van der Waals surface area (Å²) in [5.74, 6) is -0.243. The summed E-state index contributed by atoms with van der Waals surface area (Å²) in [6.07, 6.45) is 1.52. The Morgan fingerprint density at radius 1 is 1.40 bits per heavy atom. The summed E-state index contributed by atoms with van der Waals surface area (Å²) in [4.78, 5) is 36.2. The lowest BCUT2D eigenvalue weighted by molar-refractivity contribution is -0.123. The number of aromatic amines is 1. The predicted molar refractivity (Wildman–Crippen MR) is 97.2 cm³/mol. The Kier molecular flexibility index (Phi) is 5.69. The molecule has 0 aliphatic carbocycles. The summed E-state index contributed by atoms with van der Waals surface area (Å²) in [6, 6.07) is 5.25. The van der Waals surface area contributed by atoms with E-state index in [0.29, 0.717) is 27.2 Å². The summed E-state index contributed by atoms with van der Waals surface area (Å²) < 4.78 is 0. The van der Waals surface area contributed by atoms with Gasteiger partial charge in [-0.2, -0.15) is 0 Å². The topological polar surface area (TPSA) is 108 Å². The number of hydrogen-bond acceptors (Lipinski definition) is 7. The molecule has 3 heterocycles. The molecule has 3 N–H and O–H groups in total. The Bertz CT molecular complexity index is 925. The molecule has 1 amide bonds. The van der Waals surface area contributed by atoms with E-state index >= 15 is 0 Å². The highest BCUT2D eigenvalue weighted by Gasteiger charge is 2.12. The van der Waals surface area contributed by atoms with Gasteiger partial charge in [0.2, 0.25) is 5.91 Å². The highest BCUT2D eigenvalue weighted by Crippen LogP contribution is 2.23. The summed E-state index contributed by atoms with van der Waals surface area (Å²) in [5, 5.41) is 12.3. The van der Waals surface area contributed by atoms with Gasteiger partial charge in [0, 0.05) is 11.1 Å². The Morgan fingerprint density at radius 3 is 3.04 bits per heavy atom. The second-order valence-electron chi connectivity index (χ2n) is 4.98. The number of aromatic nitrogens is 3. The molecule has 0 aliphatic heterocycles. The van der Waals surface area contributed by atoms with Crippen LogP contribution in [0.2, 0.25) is 5.02 Å². The maximum Gasteiger partial charge on any atom is 0.246 e. The van der Waals surface area contributed by atoms with Gasteiger partial charge in [-0.05, 0) is 18.2 Å². The number of aliphatic hydroxyl groups is 1. The minimum atomic E-state index is -0.550. The van der Waals surface area contributed by atoms with E-state index in [1.807, 2.05) is 0 Å². The van der Waals surface area contributed by atoms with E-state index in [2.05, 4.69) is 20.3 Å². The summed E-state index contributed by atoms with van der Waals surface area (Å²) in [5.41, 5.74) is 1.28. The minimum absolute atomic E-state index is 0.0267. The van der Waals surface area contributed by atoms with E-state index in [-0.39, 0.29) is 11.5 Å². The van der Waals surface area contributed by atoms with Crippen LogP contribution in [0.3, 0.4) is 0 Å². The molecule has 3 aromatic rings. The summed E-state index contributed by atoms with van der Waals surface area (Å²) in [7, 11) is 0. The average molecular weight is 397 g/mol. The smallest absolute Gasteiger partial charge is 0.246 e. The molecule has 130 valence electrons. The molecule has 10 heteroatoms. The molecule has 0 unspecified atom stereocenters. The first-order chi connectivity index (χ1) is 12.0. The van der Waals surface area contributed by atoms with Crippen LogP contribution < -0.4 is 5.32 Å². The number of nitrogens with zero attached hydrogens (tertiary/aromatic N) is 2. The maximum absolute atomic E-state index is 12.3. The van der Waals surface area contributed by atoms with Gasteiger partial charge in [0.1, 0.15) is 6.61 Å². The largest absolute Gasteiger partial charge is 0.387 e. The van der Waals surface area contributed by atoms with E-state index in [9.17, 15) is 9.59 Å². The number of carbonyl (C=O) groups is 2. The molecule has 0 saturated carbocycles. The van der Waals surface area contributed by atoms with Gasteiger partial charge in [-0.3, -0.25) is 9.59 Å². The van der Waals surface area contributed by atoms with E-state index in [1.165, 1.54) is 29.3 Å². The summed E-state index contributed by atoms with van der Waals surface area (Å²) in [6.45, 7) is -0.258. The first-order valence-corrected chi connectivity index (χ1v) is 9.36. The monoisotopic (exact) mass is 396 g/mol. The number of amides is 1. The Hall–Kier alpha value is -1.94. The van der Waals surface area contributed by atoms with Crippen molar-refractivity contribution >= 4 is 57.6 Å². The lowest BCUT2D eigenvalue weighted by Crippen LogP contribution is -2.25. The predicted octanol–water partition coefficient (Wildman–Crippen LogP) is 2.26. The van der Waals surface area contributed by atoms with Crippen LogP contribution in [-0.2, 0) is 11.3 Å². The zero-order valence-corrected chi connectivity index (χ0v) is 15.2. The fourth-order valence-electron chi connectivity index (χ4n) is 1.99. The Balaban J connectivity index is 1.58. The Labute approximate surface area is 155 Å². The third-order valence-corrected chi connectivity index (χ3v) is 5.37. The van der Waals surface area contributed by atoms with E-state index in [4.69, 9.17) is 16.7 Å². The van der Waals surface area contributed by atoms with Crippen LogP contribution in [0.4, 0.5) is 0 Å². The van der Waals surface area contributed by atoms with Crippen LogP contribution in [0.1, 0.15) is 14.5 Å². The standard InChI is InChI=1S/C15H13ClN4O3S2/c16-8-3-10-14(18-4-8)20-15(19-10)24-7-11(22)12-2-1-9(25-12)5-17-13(23)6-21/h1-4,21H,5-7H2,(H,17,23)(H,18,19,20). The molecular formula is C15H13ClN4O3S2. The lowest BCUT2D eigenvalue weighted by atomic mass is 10.3. The van der Waals surface area contributed by atoms with Crippen molar-refractivity contribution in [1.82, 2.24) is 20.3 Å². The molecular weight excluding hydrogens is 384 g/mol. The van der Waals surface area contributed by atoms with Crippen molar-refractivity contribution in [1.29, 1.82) is 0 Å². The van der Waals surface area contributed by atoms with Gasteiger partial charge in [0.05, 0.1) is 27.7 Å². The number of thioether (sulfide) groups is 1. The zero-order valence-electron chi connectivity index (χ0n) is 12.8. The molecule has 0 saturated heterocycles. The van der Waals surface area contributed by atoms with Gasteiger partial charge in [-0.1, -0.05) is 23.4 Å². The van der Waals surface area contributed by atoms with Crippen molar-refractivity contribution in [2.75, 3.05) is 12.4 Å². The van der Waals surface area contributed by atoms with Crippen molar-refractivity contribution in [3.05, 3.63) is 39.2 Å². The van der Waals surface area contributed by atoms with Crippen LogP contribution in [0.25, 0.3) is 11.2 Å². The SMILES string of the molecule is O=C(CO)NCc1ccc(C(=O)CSc2nc3ncc(Cl)cc3[nH]2)s1. The molecule has 3 rings (SSSR count). The molecule has 0 radical (unpaired) electrons. The maximum atomic E-state index is 12.3. The van der Waals surface area contributed by atoms with Gasteiger partial charge >= 0.3 is 0 Å². The lowest BCUT2D eigenvalue weighted by Gasteiger charge is -1.99. The van der Waals surface area contributed by atoms with Crippen LogP contribution in [-0.4, -0.2) is 44.1 Å². The van der Waals surface area contributed by atoms with Crippen molar-refractivity contribution < 1.29 is 14.7 Å². The minimum Gasteiger partial charge on any atom is -0.387 e. The van der Waals surface area contributed by atoms with Crippen LogP contribution in [0.5, 0.6) is 0 Å². The molecule has 7 nitrogen and oxygen atoms in total. The molecule has 0 fully saturated rings. The number of imidazole rings is 1. The van der Waals surface area contributed by atoms with Crippen LogP contribution >= 0.6 is 34.7 Å². The van der Waals surface area contributed by atoms with Crippen LogP contribution in [0, 0.1) is 0 Å². The molecule has 3 aromatic heterocycles. The van der Waals surface area contributed by atoms with Gasteiger partial charge in [-0.15, -0.1) is 11.3 Å². The van der Waals surface area contributed by atoms with E-state index in [1.54, 1.807) is 18.2 Å². The number of H-pyrrole nitrogens is 1. The second-order valence-corrected chi connectivity index (χ2v) is 7.55. The third-order valence-electron chi connectivity index (χ3n) is 3.16. The Morgan fingerprint density at radius 2 is 2.24 bits per heavy atom. The number of fused-ring (bicyclic) bond motifs is 1.